The van der Waals surface area contributed by atoms with E-state index in [1.807, 2.05) is 49.4 Å². The van der Waals surface area contributed by atoms with E-state index in [0.29, 0.717) is 12.5 Å². The van der Waals surface area contributed by atoms with Crippen molar-refractivity contribution in [3.8, 4) is 5.75 Å². The number of aromatic nitrogens is 1. The van der Waals surface area contributed by atoms with Gasteiger partial charge in [-0.05, 0) is 62.1 Å². The number of nitrogens with zero attached hydrogens (tertiary/aromatic N) is 1. The number of pyridine rings is 1. The van der Waals surface area contributed by atoms with Gasteiger partial charge in [0.15, 0.2) is 0 Å². The number of hydrogen-bond acceptors (Lipinski definition) is 4. The number of carbonyl (C=O) groups excluding carboxylic acids is 1. The third-order valence-corrected chi connectivity index (χ3v) is 6.31. The number of ether oxygens (including phenoxy) is 1. The van der Waals surface area contributed by atoms with E-state index in [1.165, 1.54) is 6.42 Å². The van der Waals surface area contributed by atoms with Crippen molar-refractivity contribution in [2.45, 2.75) is 45.3 Å². The second-order valence-electron chi connectivity index (χ2n) is 8.11. The van der Waals surface area contributed by atoms with Gasteiger partial charge in [-0.3, -0.25) is 9.78 Å². The van der Waals surface area contributed by atoms with E-state index < -0.39 is 0 Å². The molecule has 1 amide bonds. The lowest BCUT2D eigenvalue weighted by atomic mass is 9.67. The summed E-state index contributed by atoms with van der Waals surface area (Å²) >= 11 is 0. The molecule has 1 aromatic carbocycles. The van der Waals surface area contributed by atoms with Crippen LogP contribution < -0.4 is 15.4 Å². The molecular formula is C23H31Cl2N3O2. The van der Waals surface area contributed by atoms with E-state index in [4.69, 9.17) is 4.74 Å². The van der Waals surface area contributed by atoms with Crippen molar-refractivity contribution < 1.29 is 9.53 Å². The molecule has 1 saturated carbocycles. The molecule has 1 unspecified atom stereocenters. The van der Waals surface area contributed by atoms with Crippen LogP contribution >= 0.6 is 24.8 Å². The molecule has 0 bridgehead atoms. The first-order valence-electron chi connectivity index (χ1n) is 10.3. The topological polar surface area (TPSA) is 63.2 Å². The second kappa shape index (κ2) is 11.0. The van der Waals surface area contributed by atoms with Crippen molar-refractivity contribution >= 4 is 30.7 Å². The van der Waals surface area contributed by atoms with Crippen LogP contribution in [0.15, 0.2) is 48.7 Å². The van der Waals surface area contributed by atoms with Crippen LogP contribution in [0.5, 0.6) is 5.75 Å². The Labute approximate surface area is 191 Å². The largest absolute Gasteiger partial charge is 0.487 e. The Balaban J connectivity index is 0.00000160. The fourth-order valence-corrected chi connectivity index (χ4v) is 4.63. The zero-order valence-electron chi connectivity index (χ0n) is 17.3. The maximum atomic E-state index is 13.2. The average molecular weight is 452 g/mol. The fraction of sp³-hybridized carbons (Fsp3) is 0.478. The van der Waals surface area contributed by atoms with Crippen molar-refractivity contribution in [3.05, 3.63) is 59.9 Å². The van der Waals surface area contributed by atoms with Crippen molar-refractivity contribution in [2.75, 3.05) is 13.1 Å². The monoisotopic (exact) mass is 451 g/mol. The number of carbonyl (C=O) groups is 1. The molecule has 2 heterocycles. The Morgan fingerprint density at radius 3 is 2.93 bits per heavy atom. The molecule has 7 heteroatoms. The smallest absolute Gasteiger partial charge is 0.228 e. The molecule has 4 rings (SSSR count). The molecule has 1 aliphatic carbocycles. The second-order valence-corrected chi connectivity index (χ2v) is 8.11. The van der Waals surface area contributed by atoms with E-state index in [9.17, 15) is 4.79 Å². The van der Waals surface area contributed by atoms with E-state index in [1.54, 1.807) is 6.20 Å². The minimum Gasteiger partial charge on any atom is -0.487 e. The molecule has 164 valence electrons. The molecule has 2 aliphatic rings. The lowest BCUT2D eigenvalue weighted by Gasteiger charge is -2.38. The number of rotatable bonds is 6. The Bertz CT molecular complexity index is 821. The summed E-state index contributed by atoms with van der Waals surface area (Å²) in [4.78, 5) is 17.5. The van der Waals surface area contributed by atoms with E-state index in [0.717, 1.165) is 49.4 Å². The normalized spacial score (nSPS) is 23.3. The van der Waals surface area contributed by atoms with Crippen molar-refractivity contribution in [2.24, 2.45) is 11.3 Å². The van der Waals surface area contributed by atoms with Crippen LogP contribution in [0.4, 0.5) is 0 Å². The standard InChI is InChI=1S/C23H29N3O2.2ClH/c1-17(26-22(27)23-11-4-2-8-19(23)14-24-16-23)18-7-6-10-21(13-18)28-15-20-9-3-5-12-25-20;;/h3,5-7,9-10,12-13,17,19,24H,2,4,8,11,14-16H2,1H3,(H,26,27);2*1H/t17?,19-,23+;;/m0../s1. The van der Waals surface area contributed by atoms with Gasteiger partial charge in [-0.15, -0.1) is 24.8 Å². The third kappa shape index (κ3) is 5.26. The molecule has 0 spiro atoms. The molecule has 2 aromatic rings. The Kier molecular flexibility index (Phi) is 8.95. The van der Waals surface area contributed by atoms with Gasteiger partial charge < -0.3 is 15.4 Å². The summed E-state index contributed by atoms with van der Waals surface area (Å²) in [5.74, 6) is 1.47. The Hall–Kier alpha value is -1.82. The molecule has 1 saturated heterocycles. The van der Waals surface area contributed by atoms with Crippen LogP contribution in [0.1, 0.15) is 49.9 Å². The van der Waals surface area contributed by atoms with Gasteiger partial charge in [0.25, 0.3) is 0 Å². The maximum absolute atomic E-state index is 13.2. The Morgan fingerprint density at radius 1 is 1.27 bits per heavy atom. The van der Waals surface area contributed by atoms with E-state index in [2.05, 4.69) is 15.6 Å². The summed E-state index contributed by atoms with van der Waals surface area (Å²) in [5.41, 5.74) is 1.73. The highest BCUT2D eigenvalue weighted by Gasteiger charge is 2.49. The van der Waals surface area contributed by atoms with Gasteiger partial charge in [-0.1, -0.05) is 31.0 Å². The minimum atomic E-state index is -0.223. The van der Waals surface area contributed by atoms with Gasteiger partial charge in [0.1, 0.15) is 12.4 Å². The van der Waals surface area contributed by atoms with Crippen LogP contribution in [0.3, 0.4) is 0 Å². The summed E-state index contributed by atoms with van der Waals surface area (Å²) in [5, 5.41) is 6.74. The van der Waals surface area contributed by atoms with Crippen LogP contribution in [-0.2, 0) is 11.4 Å². The highest BCUT2D eigenvalue weighted by molar-refractivity contribution is 5.85. The molecule has 1 aliphatic heterocycles. The fourth-order valence-electron chi connectivity index (χ4n) is 4.63. The summed E-state index contributed by atoms with van der Waals surface area (Å²) in [6, 6.07) is 13.7. The molecule has 1 aromatic heterocycles. The first kappa shape index (κ1) is 24.4. The van der Waals surface area contributed by atoms with Gasteiger partial charge in [0.05, 0.1) is 17.2 Å². The SMILES string of the molecule is CC(NC(=O)[C@@]12CCCC[C@H]1CNC2)c1cccc(OCc2ccccn2)c1.Cl.Cl. The van der Waals surface area contributed by atoms with Gasteiger partial charge >= 0.3 is 0 Å². The summed E-state index contributed by atoms with van der Waals surface area (Å²) in [6.45, 7) is 4.26. The zero-order chi connectivity index (χ0) is 19.4. The first-order chi connectivity index (χ1) is 13.7. The summed E-state index contributed by atoms with van der Waals surface area (Å²) < 4.78 is 5.89. The predicted octanol–water partition coefficient (Wildman–Crippen LogP) is 4.46. The number of amides is 1. The number of fused-ring (bicyclic) bond motifs is 1. The molecular weight excluding hydrogens is 421 g/mol. The van der Waals surface area contributed by atoms with Crippen LogP contribution in [0.2, 0.25) is 0 Å². The van der Waals surface area contributed by atoms with Crippen LogP contribution in [0, 0.1) is 11.3 Å². The van der Waals surface area contributed by atoms with Crippen LogP contribution in [0.25, 0.3) is 0 Å². The van der Waals surface area contributed by atoms with E-state index >= 15 is 0 Å². The third-order valence-electron chi connectivity index (χ3n) is 6.31. The molecule has 5 nitrogen and oxygen atoms in total. The summed E-state index contributed by atoms with van der Waals surface area (Å²) in [6.07, 6.45) is 6.31. The number of hydrogen-bond donors (Lipinski definition) is 2. The molecule has 2 N–H and O–H groups in total. The van der Waals surface area contributed by atoms with Gasteiger partial charge in [-0.2, -0.15) is 0 Å². The molecule has 3 atom stereocenters. The van der Waals surface area contributed by atoms with Gasteiger partial charge in [-0.25, -0.2) is 0 Å². The van der Waals surface area contributed by atoms with Gasteiger partial charge in [0.2, 0.25) is 5.91 Å². The Morgan fingerprint density at radius 2 is 2.13 bits per heavy atom. The van der Waals surface area contributed by atoms with Crippen LogP contribution in [-0.4, -0.2) is 24.0 Å². The highest BCUT2D eigenvalue weighted by atomic mass is 35.5. The molecule has 2 fully saturated rings. The number of halogens is 2. The number of nitrogens with one attached hydrogen (secondary N) is 2. The highest BCUT2D eigenvalue weighted by Crippen LogP contribution is 2.44. The quantitative estimate of drug-likeness (QED) is 0.680. The van der Waals surface area contributed by atoms with Gasteiger partial charge in [0, 0.05) is 12.7 Å². The minimum absolute atomic E-state index is 0. The zero-order valence-corrected chi connectivity index (χ0v) is 18.9. The van der Waals surface area contributed by atoms with Crippen molar-refractivity contribution in [1.82, 2.24) is 15.6 Å². The predicted molar refractivity (Wildman–Crippen MR) is 123 cm³/mol. The lowest BCUT2D eigenvalue weighted by molar-refractivity contribution is -0.134. The van der Waals surface area contributed by atoms with Crippen molar-refractivity contribution in [1.29, 1.82) is 0 Å². The maximum Gasteiger partial charge on any atom is 0.228 e. The molecule has 0 radical (unpaired) electrons. The average Bonchev–Trinajstić information content (AvgIpc) is 3.19. The van der Waals surface area contributed by atoms with Crippen molar-refractivity contribution in [3.63, 3.8) is 0 Å². The number of benzene rings is 1. The van der Waals surface area contributed by atoms with E-state index in [-0.39, 0.29) is 42.2 Å². The first-order valence-corrected chi connectivity index (χ1v) is 10.3. The lowest BCUT2D eigenvalue weighted by Crippen LogP contribution is -2.48. The molecule has 30 heavy (non-hydrogen) atoms. The summed E-state index contributed by atoms with van der Waals surface area (Å²) in [7, 11) is 0.